The van der Waals surface area contributed by atoms with Gasteiger partial charge in [0, 0.05) is 45.7 Å². The number of methoxy groups -OCH3 is 3. The average Bonchev–Trinajstić information content (AvgIpc) is 4.17. The summed E-state index contributed by atoms with van der Waals surface area (Å²) in [6.07, 6.45) is 5.24. The fourth-order valence-electron chi connectivity index (χ4n) is 8.48. The second-order valence-electron chi connectivity index (χ2n) is 17.6. The van der Waals surface area contributed by atoms with Gasteiger partial charge in [-0.25, -0.2) is 45.6 Å². The van der Waals surface area contributed by atoms with Crippen molar-refractivity contribution in [2.45, 2.75) is 49.0 Å². The van der Waals surface area contributed by atoms with Crippen LogP contribution in [0.25, 0.3) is 55.4 Å². The van der Waals surface area contributed by atoms with Crippen molar-refractivity contribution in [1.82, 2.24) is 30.2 Å². The summed E-state index contributed by atoms with van der Waals surface area (Å²) >= 11 is 3.13. The van der Waals surface area contributed by atoms with Crippen LogP contribution < -0.4 is 28.3 Å². The first-order valence-corrected chi connectivity index (χ1v) is 28.8. The third-order valence-electron chi connectivity index (χ3n) is 12.4. The van der Waals surface area contributed by atoms with Crippen LogP contribution >= 0.6 is 15.9 Å². The molecule has 0 saturated heterocycles. The Labute approximate surface area is 479 Å². The monoisotopic (exact) mass is 1220 g/mol. The molecule has 1 N–H and O–H groups in total. The largest absolute Gasteiger partial charge is 0.569 e. The topological polar surface area (TPSA) is 248 Å². The summed E-state index contributed by atoms with van der Waals surface area (Å²) in [5.74, 6) is 1.78. The second kappa shape index (κ2) is 26.4. The summed E-state index contributed by atoms with van der Waals surface area (Å²) in [6, 6.07) is 26.8. The molecule has 25 heteroatoms. The fourth-order valence-corrected chi connectivity index (χ4v) is 11.3. The summed E-state index contributed by atoms with van der Waals surface area (Å²) in [5.41, 5.74) is 5.98. The number of sulfone groups is 2. The number of rotatable bonds is 18. The molecule has 0 aliphatic carbocycles. The third-order valence-corrected chi connectivity index (χ3v) is 16.3. The highest BCUT2D eigenvalue weighted by molar-refractivity contribution is 9.10. The summed E-state index contributed by atoms with van der Waals surface area (Å²) < 4.78 is 122. The zero-order valence-electron chi connectivity index (χ0n) is 45.0. The van der Waals surface area contributed by atoms with Crippen molar-refractivity contribution in [2.75, 3.05) is 34.5 Å². The van der Waals surface area contributed by atoms with Gasteiger partial charge in [0.1, 0.15) is 77.1 Å². The van der Waals surface area contributed by atoms with Gasteiger partial charge in [-0.1, -0.05) is 16.4 Å². The molecule has 10 rings (SSSR count). The van der Waals surface area contributed by atoms with Crippen LogP contribution in [0.3, 0.4) is 0 Å². The van der Waals surface area contributed by atoms with Gasteiger partial charge in [0.15, 0.2) is 25.4 Å². The van der Waals surface area contributed by atoms with Crippen molar-refractivity contribution in [3.05, 3.63) is 167 Å². The van der Waals surface area contributed by atoms with Crippen LogP contribution in [0, 0.1) is 25.5 Å². The maximum atomic E-state index is 15.5. The predicted molar refractivity (Wildman–Crippen MR) is 304 cm³/mol. The van der Waals surface area contributed by atoms with Crippen LogP contribution in [0.2, 0.25) is 0 Å². The lowest BCUT2D eigenvalue weighted by atomic mass is 9.98. The molecule has 0 saturated carbocycles. The molecule has 1 radical (unpaired) electrons. The van der Waals surface area contributed by atoms with Crippen molar-refractivity contribution in [3.8, 4) is 68.1 Å². The maximum Gasteiger partial charge on any atom is 0.569 e. The second-order valence-corrected chi connectivity index (χ2v) is 22.5. The van der Waals surface area contributed by atoms with E-state index in [9.17, 15) is 21.2 Å². The Balaban J connectivity index is 0.000000176. The van der Waals surface area contributed by atoms with E-state index < -0.39 is 31.3 Å². The van der Waals surface area contributed by atoms with E-state index in [1.165, 1.54) is 101 Å². The van der Waals surface area contributed by atoms with Crippen LogP contribution in [0.5, 0.6) is 34.5 Å². The Morgan fingerprint density at radius 1 is 0.549 bits per heavy atom. The summed E-state index contributed by atoms with van der Waals surface area (Å²) in [5, 5.41) is 17.0. The molecule has 4 aromatic heterocycles. The number of fused-ring (bicyclic) bond motifs is 2. The van der Waals surface area contributed by atoms with Gasteiger partial charge in [-0.15, -0.1) is 0 Å². The van der Waals surface area contributed by atoms with Crippen molar-refractivity contribution in [3.63, 3.8) is 0 Å². The van der Waals surface area contributed by atoms with E-state index >= 15 is 4.39 Å². The fraction of sp³-hybridized carbons (Fsp3) is 0.193. The van der Waals surface area contributed by atoms with Crippen molar-refractivity contribution in [1.29, 1.82) is 0 Å². The minimum absolute atomic E-state index is 0.0806. The number of hydrogen-bond acceptors (Lipinski definition) is 19. The first-order chi connectivity index (χ1) is 39.4. The van der Waals surface area contributed by atoms with Gasteiger partial charge in [-0.3, -0.25) is 0 Å². The van der Waals surface area contributed by atoms with E-state index in [1.807, 2.05) is 39.8 Å². The van der Waals surface area contributed by atoms with Gasteiger partial charge >= 0.3 is 7.69 Å². The number of ether oxygens (including phenoxy) is 5. The van der Waals surface area contributed by atoms with Gasteiger partial charge in [0.05, 0.1) is 82.6 Å². The molecule has 0 amide bonds. The Morgan fingerprint density at radius 3 is 1.55 bits per heavy atom. The molecule has 0 aliphatic rings. The number of hydrogen-bond donors (Lipinski definition) is 1. The maximum absolute atomic E-state index is 15.5. The molecule has 19 nitrogen and oxygen atoms in total. The average molecular weight is 1220 g/mol. The van der Waals surface area contributed by atoms with E-state index in [0.29, 0.717) is 111 Å². The van der Waals surface area contributed by atoms with Crippen molar-refractivity contribution in [2.24, 2.45) is 0 Å². The minimum atomic E-state index is -3.69. The number of aryl methyl sites for hydroxylation is 2. The van der Waals surface area contributed by atoms with Crippen LogP contribution in [0.15, 0.2) is 152 Å². The van der Waals surface area contributed by atoms with E-state index in [2.05, 4.69) is 46.2 Å². The molecule has 82 heavy (non-hydrogen) atoms. The van der Waals surface area contributed by atoms with Gasteiger partial charge < -0.3 is 42.4 Å². The van der Waals surface area contributed by atoms with Crippen LogP contribution in [-0.2, 0) is 31.2 Å². The summed E-state index contributed by atoms with van der Waals surface area (Å²) in [4.78, 5) is 17.3. The highest BCUT2D eigenvalue weighted by Crippen LogP contribution is 2.41. The molecule has 0 bridgehead atoms. The first kappa shape index (κ1) is 59.6. The van der Waals surface area contributed by atoms with Crippen LogP contribution in [-0.4, -0.2) is 94.3 Å². The normalized spacial score (nSPS) is 11.3. The van der Waals surface area contributed by atoms with Crippen LogP contribution in [0.4, 0.5) is 8.78 Å². The molecule has 0 atom stereocenters. The van der Waals surface area contributed by atoms with E-state index in [-0.39, 0.29) is 25.8 Å². The molecule has 0 aliphatic heterocycles. The third kappa shape index (κ3) is 13.6. The molecule has 6 aromatic carbocycles. The number of halogens is 3. The molecular weight excluding hydrogens is 1170 g/mol. The predicted octanol–water partition coefficient (Wildman–Crippen LogP) is 11.3. The zero-order chi connectivity index (χ0) is 58.7. The SMILES string of the molecule is CCOc1cc(OC)c(O[B]O)cc1C.CCOc1ccc(-c2cc(OC)c(-c3ncnc4cc(S(=O)(=O)Cc5ccon5)ccc34)cc2F)cc1C.COc1cc(Br)c(F)cc1-c1ncnc2cc(S(=O)(=O)Cc3ccon3)ccc12. The lowest BCUT2D eigenvalue weighted by Gasteiger charge is -2.15. The Morgan fingerprint density at radius 2 is 1.06 bits per heavy atom. The van der Waals surface area contributed by atoms with Gasteiger partial charge in [0.2, 0.25) is 0 Å². The lowest BCUT2D eigenvalue weighted by molar-refractivity contribution is 0.330. The quantitative estimate of drug-likeness (QED) is 0.0784. The van der Waals surface area contributed by atoms with Gasteiger partial charge in [-0.05, 0) is 139 Å². The minimum Gasteiger partial charge on any atom is -0.535 e. The lowest BCUT2D eigenvalue weighted by Crippen LogP contribution is -2.05. The zero-order valence-corrected chi connectivity index (χ0v) is 48.2. The summed E-state index contributed by atoms with van der Waals surface area (Å²) in [7, 11) is -2.22. The molecule has 0 fully saturated rings. The van der Waals surface area contributed by atoms with Crippen molar-refractivity contribution >= 4 is 65.1 Å². The first-order valence-electron chi connectivity index (χ1n) is 24.7. The molecule has 0 unspecified atom stereocenters. The smallest absolute Gasteiger partial charge is 0.535 e. The van der Waals surface area contributed by atoms with E-state index in [1.54, 1.807) is 36.4 Å². The Kier molecular flexibility index (Phi) is 19.2. The molecular formula is C57H51BBrF2N6O13S2. The molecule has 423 valence electrons. The van der Waals surface area contributed by atoms with Crippen LogP contribution in [0.1, 0.15) is 36.4 Å². The molecule has 0 spiro atoms. The number of aromatic nitrogens is 6. The standard InChI is InChI=1S/C28H24FN3O5S.C19H13BrFN3O4S.C10H14BO4/c1-4-36-26-8-5-18(11-17(26)2)22-14-27(35-3)23(13-24(22)29)28-21-7-6-20(12-25(21)30-16-31-28)38(33,34)15-19-9-10-37-32-19;1-27-18-8-15(20)16(21)7-14(18)19-13-3-2-12(6-17(13)22-10-23-19)29(25,26)9-11-4-5-28-24-11;1-4-14-8-6-9(13-3)10(15-11-12)5-7(8)2/h5-14,16H,4,15H2,1-3H3;2-8,10H,9H2,1H3;5-6,12H,4H2,1-3H3. The van der Waals surface area contributed by atoms with Crippen molar-refractivity contribution < 1.29 is 68.0 Å². The van der Waals surface area contributed by atoms with Gasteiger partial charge in [-0.2, -0.15) is 0 Å². The Hall–Kier alpha value is -8.52. The van der Waals surface area contributed by atoms with E-state index in [0.717, 1.165) is 22.6 Å². The van der Waals surface area contributed by atoms with E-state index in [4.69, 9.17) is 42.4 Å². The summed E-state index contributed by atoms with van der Waals surface area (Å²) in [6.45, 7) is 8.76. The van der Waals surface area contributed by atoms with Gasteiger partial charge in [0.25, 0.3) is 0 Å². The highest BCUT2D eigenvalue weighted by atomic mass is 79.9. The number of benzene rings is 6. The highest BCUT2D eigenvalue weighted by Gasteiger charge is 2.23. The Bertz CT molecular complexity index is 4130. The number of nitrogens with zero attached hydrogens (tertiary/aromatic N) is 6. The molecule has 4 heterocycles. The molecule has 10 aromatic rings.